The van der Waals surface area contributed by atoms with Gasteiger partial charge in [0, 0.05) is 24.1 Å². The standard InChI is InChI=1S/C18H22N2O8/c1-11(2)9-28-18(24)19-8-14(21)7-15(19)17(23)27-10-16(22)12-4-3-5-13(6-12)20(25)26/h3-6,11,14-15,21H,7-10H2,1-2H3. The molecule has 1 N–H and O–H groups in total. The maximum absolute atomic E-state index is 12.3. The maximum Gasteiger partial charge on any atom is 0.410 e. The summed E-state index contributed by atoms with van der Waals surface area (Å²) in [4.78, 5) is 47.8. The molecule has 2 unspecified atom stereocenters. The molecule has 1 heterocycles. The predicted molar refractivity (Wildman–Crippen MR) is 95.7 cm³/mol. The van der Waals surface area contributed by atoms with Crippen molar-refractivity contribution < 1.29 is 33.9 Å². The van der Waals surface area contributed by atoms with Gasteiger partial charge in [-0.25, -0.2) is 9.59 Å². The van der Waals surface area contributed by atoms with Gasteiger partial charge in [-0.15, -0.1) is 0 Å². The molecule has 10 nitrogen and oxygen atoms in total. The number of nitro benzene ring substituents is 1. The summed E-state index contributed by atoms with van der Waals surface area (Å²) in [5.74, 6) is -1.37. The minimum absolute atomic E-state index is 0.0272. The number of ketones is 1. The molecule has 2 rings (SSSR count). The minimum Gasteiger partial charge on any atom is -0.456 e. The van der Waals surface area contributed by atoms with Gasteiger partial charge in [-0.3, -0.25) is 19.8 Å². The SMILES string of the molecule is CC(C)COC(=O)N1CC(O)CC1C(=O)OCC(=O)c1cccc([N+](=O)[O-])c1. The number of nitrogens with zero attached hydrogens (tertiary/aromatic N) is 2. The Bertz CT molecular complexity index is 764. The molecule has 0 saturated carbocycles. The van der Waals surface area contributed by atoms with Crippen LogP contribution in [0.3, 0.4) is 0 Å². The molecular weight excluding hydrogens is 372 g/mol. The lowest BCUT2D eigenvalue weighted by molar-refractivity contribution is -0.384. The molecule has 152 valence electrons. The van der Waals surface area contributed by atoms with Crippen molar-refractivity contribution >= 4 is 23.5 Å². The molecule has 0 aromatic heterocycles. The molecule has 1 aromatic rings. The van der Waals surface area contributed by atoms with Gasteiger partial charge in [0.1, 0.15) is 6.04 Å². The van der Waals surface area contributed by atoms with Crippen LogP contribution < -0.4 is 0 Å². The number of β-amino-alcohol motifs (C(OH)–C–C–N with tert-alkyl or cyclic N) is 1. The Morgan fingerprint density at radius 2 is 2.04 bits per heavy atom. The van der Waals surface area contributed by atoms with Crippen LogP contribution in [0.2, 0.25) is 0 Å². The lowest BCUT2D eigenvalue weighted by Gasteiger charge is -2.22. The van der Waals surface area contributed by atoms with Gasteiger partial charge in [-0.1, -0.05) is 26.0 Å². The van der Waals surface area contributed by atoms with E-state index in [1.165, 1.54) is 18.2 Å². The Morgan fingerprint density at radius 3 is 2.68 bits per heavy atom. The number of Topliss-reactive ketones (excluding diaryl/α,β-unsaturated/α-hetero) is 1. The third-order valence-corrected chi connectivity index (χ3v) is 4.05. The summed E-state index contributed by atoms with van der Waals surface area (Å²) >= 11 is 0. The summed E-state index contributed by atoms with van der Waals surface area (Å²) in [5, 5.41) is 20.6. The molecule has 1 saturated heterocycles. The van der Waals surface area contributed by atoms with Crippen molar-refractivity contribution in [2.45, 2.75) is 32.4 Å². The van der Waals surface area contributed by atoms with Crippen LogP contribution in [0.25, 0.3) is 0 Å². The van der Waals surface area contributed by atoms with Crippen molar-refractivity contribution in [3.63, 3.8) is 0 Å². The van der Waals surface area contributed by atoms with E-state index in [-0.39, 0.29) is 36.7 Å². The smallest absolute Gasteiger partial charge is 0.410 e. The fourth-order valence-corrected chi connectivity index (χ4v) is 2.67. The number of aliphatic hydroxyl groups is 1. The Hall–Kier alpha value is -3.01. The summed E-state index contributed by atoms with van der Waals surface area (Å²) in [7, 11) is 0. The molecular formula is C18H22N2O8. The van der Waals surface area contributed by atoms with Gasteiger partial charge in [-0.2, -0.15) is 0 Å². The largest absolute Gasteiger partial charge is 0.456 e. The first-order valence-corrected chi connectivity index (χ1v) is 8.74. The Balaban J connectivity index is 1.97. The van der Waals surface area contributed by atoms with Gasteiger partial charge in [0.2, 0.25) is 5.78 Å². The molecule has 0 spiro atoms. The molecule has 10 heteroatoms. The number of rotatable bonds is 7. The third kappa shape index (κ3) is 5.49. The predicted octanol–water partition coefficient (Wildman–Crippen LogP) is 1.55. The molecule has 1 aromatic carbocycles. The number of nitro groups is 1. The van der Waals surface area contributed by atoms with Crippen LogP contribution >= 0.6 is 0 Å². The summed E-state index contributed by atoms with van der Waals surface area (Å²) in [6.07, 6.45) is -1.67. The van der Waals surface area contributed by atoms with Gasteiger partial charge in [0.05, 0.1) is 24.2 Å². The van der Waals surface area contributed by atoms with Crippen LogP contribution in [-0.4, -0.2) is 64.7 Å². The number of hydrogen-bond acceptors (Lipinski definition) is 8. The Morgan fingerprint density at radius 1 is 1.32 bits per heavy atom. The zero-order chi connectivity index (χ0) is 20.8. The quantitative estimate of drug-likeness (QED) is 0.318. The molecule has 28 heavy (non-hydrogen) atoms. The maximum atomic E-state index is 12.3. The molecule has 1 fully saturated rings. The van der Waals surface area contributed by atoms with Crippen LogP contribution in [0.15, 0.2) is 24.3 Å². The van der Waals surface area contributed by atoms with Gasteiger partial charge < -0.3 is 14.6 Å². The fraction of sp³-hybridized carbons (Fsp3) is 0.500. The van der Waals surface area contributed by atoms with Crippen molar-refractivity contribution in [1.29, 1.82) is 0 Å². The molecule has 0 radical (unpaired) electrons. The number of likely N-dealkylation sites (tertiary alicyclic amines) is 1. The van der Waals surface area contributed by atoms with E-state index in [1.807, 2.05) is 13.8 Å². The Labute approximate surface area is 161 Å². The van der Waals surface area contributed by atoms with Gasteiger partial charge in [0.15, 0.2) is 6.61 Å². The van der Waals surface area contributed by atoms with E-state index in [0.29, 0.717) is 0 Å². The van der Waals surface area contributed by atoms with Crippen molar-refractivity contribution in [2.75, 3.05) is 19.8 Å². The molecule has 0 aliphatic carbocycles. The fourth-order valence-electron chi connectivity index (χ4n) is 2.67. The average molecular weight is 394 g/mol. The topological polar surface area (TPSA) is 136 Å². The number of benzene rings is 1. The van der Waals surface area contributed by atoms with E-state index in [2.05, 4.69) is 0 Å². The number of aliphatic hydroxyl groups excluding tert-OH is 1. The monoisotopic (exact) mass is 394 g/mol. The van der Waals surface area contributed by atoms with Crippen molar-refractivity contribution in [2.24, 2.45) is 5.92 Å². The second-order valence-electron chi connectivity index (χ2n) is 6.87. The average Bonchev–Trinajstić information content (AvgIpc) is 3.05. The second kappa shape index (κ2) is 9.27. The van der Waals surface area contributed by atoms with Crippen LogP contribution in [-0.2, 0) is 14.3 Å². The number of ether oxygens (including phenoxy) is 2. The first-order chi connectivity index (χ1) is 13.2. The molecule has 1 aliphatic rings. The third-order valence-electron chi connectivity index (χ3n) is 4.05. The number of amides is 1. The molecule has 1 aliphatic heterocycles. The highest BCUT2D eigenvalue weighted by Gasteiger charge is 2.41. The van der Waals surface area contributed by atoms with Crippen LogP contribution in [0.4, 0.5) is 10.5 Å². The van der Waals surface area contributed by atoms with Crippen LogP contribution in [0.1, 0.15) is 30.6 Å². The van der Waals surface area contributed by atoms with Crippen molar-refractivity contribution in [1.82, 2.24) is 4.90 Å². The number of non-ortho nitro benzene ring substituents is 1. The minimum atomic E-state index is -1.06. The number of carbonyl (C=O) groups excluding carboxylic acids is 3. The lowest BCUT2D eigenvalue weighted by Crippen LogP contribution is -2.42. The van der Waals surface area contributed by atoms with Gasteiger partial charge in [-0.05, 0) is 5.92 Å². The van der Waals surface area contributed by atoms with Crippen LogP contribution in [0.5, 0.6) is 0 Å². The number of carbonyl (C=O) groups is 3. The van der Waals surface area contributed by atoms with E-state index >= 15 is 0 Å². The van der Waals surface area contributed by atoms with Crippen LogP contribution in [0, 0.1) is 16.0 Å². The summed E-state index contributed by atoms with van der Waals surface area (Å²) in [6.45, 7) is 3.17. The summed E-state index contributed by atoms with van der Waals surface area (Å²) in [6, 6.07) is 3.99. The van der Waals surface area contributed by atoms with Gasteiger partial charge >= 0.3 is 12.1 Å². The number of hydrogen-bond donors (Lipinski definition) is 1. The summed E-state index contributed by atoms with van der Waals surface area (Å²) in [5.41, 5.74) is -0.225. The number of esters is 1. The zero-order valence-corrected chi connectivity index (χ0v) is 15.6. The highest BCUT2D eigenvalue weighted by atomic mass is 16.6. The van der Waals surface area contributed by atoms with Crippen molar-refractivity contribution in [3.05, 3.63) is 39.9 Å². The first-order valence-electron chi connectivity index (χ1n) is 8.74. The normalized spacial score (nSPS) is 18.8. The van der Waals surface area contributed by atoms with E-state index in [4.69, 9.17) is 9.47 Å². The lowest BCUT2D eigenvalue weighted by atomic mass is 10.1. The van der Waals surface area contributed by atoms with E-state index in [9.17, 15) is 29.6 Å². The first kappa shape index (κ1) is 21.3. The highest BCUT2D eigenvalue weighted by Crippen LogP contribution is 2.21. The van der Waals surface area contributed by atoms with Gasteiger partial charge in [0.25, 0.3) is 5.69 Å². The van der Waals surface area contributed by atoms with E-state index in [1.54, 1.807) is 0 Å². The Kier molecular flexibility index (Phi) is 7.05. The van der Waals surface area contributed by atoms with Crippen molar-refractivity contribution in [3.8, 4) is 0 Å². The van der Waals surface area contributed by atoms with E-state index < -0.39 is 41.5 Å². The second-order valence-corrected chi connectivity index (χ2v) is 6.87. The molecule has 0 bridgehead atoms. The summed E-state index contributed by atoms with van der Waals surface area (Å²) < 4.78 is 10.1. The van der Waals surface area contributed by atoms with E-state index in [0.717, 1.165) is 11.0 Å². The zero-order valence-electron chi connectivity index (χ0n) is 15.6. The molecule has 1 amide bonds. The highest BCUT2D eigenvalue weighted by molar-refractivity contribution is 5.98. The molecule has 2 atom stereocenters.